The summed E-state index contributed by atoms with van der Waals surface area (Å²) in [5, 5.41) is 3.13. The molecule has 0 saturated heterocycles. The fourth-order valence-electron chi connectivity index (χ4n) is 1.01. The van der Waals surface area contributed by atoms with Gasteiger partial charge in [-0.2, -0.15) is 0 Å². The van der Waals surface area contributed by atoms with Gasteiger partial charge in [0.15, 0.2) is 0 Å². The van der Waals surface area contributed by atoms with Crippen LogP contribution in [-0.2, 0) is 14.3 Å². The van der Waals surface area contributed by atoms with E-state index in [1.165, 1.54) is 12.0 Å². The maximum absolute atomic E-state index is 11.5. The molecule has 0 bridgehead atoms. The Hall–Kier alpha value is -1.10. The standard InChI is InChI=1S/C10H20N2O3/c1-8(2)11-6-5-9(13)12(3)7-10(14)15-4/h8,11H,5-7H2,1-4H3. The summed E-state index contributed by atoms with van der Waals surface area (Å²) in [7, 11) is 2.90. The molecule has 88 valence electrons. The molecule has 0 aliphatic rings. The lowest BCUT2D eigenvalue weighted by atomic mass is 10.3. The van der Waals surface area contributed by atoms with Crippen LogP contribution < -0.4 is 5.32 Å². The van der Waals surface area contributed by atoms with E-state index in [0.717, 1.165) is 0 Å². The van der Waals surface area contributed by atoms with E-state index in [4.69, 9.17) is 0 Å². The maximum atomic E-state index is 11.5. The number of nitrogens with one attached hydrogen (secondary N) is 1. The Labute approximate surface area is 90.8 Å². The van der Waals surface area contributed by atoms with Crippen LogP contribution in [0.5, 0.6) is 0 Å². The van der Waals surface area contributed by atoms with Crippen molar-refractivity contribution in [2.45, 2.75) is 26.3 Å². The summed E-state index contributed by atoms with van der Waals surface area (Å²) in [5.74, 6) is -0.462. The molecule has 0 radical (unpaired) electrons. The van der Waals surface area contributed by atoms with Crippen LogP contribution in [0.2, 0.25) is 0 Å². The van der Waals surface area contributed by atoms with Gasteiger partial charge in [0.2, 0.25) is 5.91 Å². The van der Waals surface area contributed by atoms with Gasteiger partial charge in [-0.1, -0.05) is 13.8 Å². The Morgan fingerprint density at radius 3 is 2.47 bits per heavy atom. The SMILES string of the molecule is COC(=O)CN(C)C(=O)CCNC(C)C. The average molecular weight is 216 g/mol. The summed E-state index contributed by atoms with van der Waals surface area (Å²) in [4.78, 5) is 23.7. The summed E-state index contributed by atoms with van der Waals surface area (Å²) in [5.41, 5.74) is 0. The lowest BCUT2D eigenvalue weighted by Crippen LogP contribution is -2.35. The van der Waals surface area contributed by atoms with Crippen molar-refractivity contribution in [2.24, 2.45) is 0 Å². The fraction of sp³-hybridized carbons (Fsp3) is 0.800. The third kappa shape index (κ3) is 6.90. The lowest BCUT2D eigenvalue weighted by Gasteiger charge is -2.16. The molecule has 0 saturated carbocycles. The van der Waals surface area contributed by atoms with E-state index < -0.39 is 5.97 Å². The second-order valence-corrected chi connectivity index (χ2v) is 3.68. The first-order valence-corrected chi connectivity index (χ1v) is 5.01. The first kappa shape index (κ1) is 13.9. The van der Waals surface area contributed by atoms with Crippen molar-refractivity contribution in [3.8, 4) is 0 Å². The van der Waals surface area contributed by atoms with Gasteiger partial charge in [0.25, 0.3) is 0 Å². The number of amides is 1. The smallest absolute Gasteiger partial charge is 0.325 e. The summed E-state index contributed by atoms with van der Waals surface area (Å²) >= 11 is 0. The highest BCUT2D eigenvalue weighted by atomic mass is 16.5. The van der Waals surface area contributed by atoms with Gasteiger partial charge in [0.05, 0.1) is 7.11 Å². The zero-order valence-electron chi connectivity index (χ0n) is 9.87. The maximum Gasteiger partial charge on any atom is 0.325 e. The molecular formula is C10H20N2O3. The van der Waals surface area contributed by atoms with Crippen molar-refractivity contribution in [1.82, 2.24) is 10.2 Å². The number of carbonyl (C=O) groups excluding carboxylic acids is 2. The van der Waals surface area contributed by atoms with Crippen molar-refractivity contribution in [2.75, 3.05) is 27.2 Å². The predicted molar refractivity (Wildman–Crippen MR) is 57.4 cm³/mol. The Morgan fingerprint density at radius 2 is 2.00 bits per heavy atom. The number of methoxy groups -OCH3 is 1. The highest BCUT2D eigenvalue weighted by molar-refractivity contribution is 5.81. The second-order valence-electron chi connectivity index (χ2n) is 3.68. The highest BCUT2D eigenvalue weighted by Crippen LogP contribution is 1.91. The minimum Gasteiger partial charge on any atom is -0.468 e. The monoisotopic (exact) mass is 216 g/mol. The first-order valence-electron chi connectivity index (χ1n) is 5.01. The lowest BCUT2D eigenvalue weighted by molar-refractivity contribution is -0.146. The predicted octanol–water partition coefficient (Wildman–Crippen LogP) is 0.00590. The Morgan fingerprint density at radius 1 is 1.40 bits per heavy atom. The van der Waals surface area contributed by atoms with Crippen molar-refractivity contribution >= 4 is 11.9 Å². The molecule has 1 amide bonds. The quantitative estimate of drug-likeness (QED) is 0.635. The Balaban J connectivity index is 3.74. The molecule has 5 nitrogen and oxygen atoms in total. The normalized spacial score (nSPS) is 10.2. The first-order chi connectivity index (χ1) is 6.97. The molecule has 0 aromatic heterocycles. The van der Waals surface area contributed by atoms with Crippen LogP contribution in [0, 0.1) is 0 Å². The molecular weight excluding hydrogens is 196 g/mol. The van der Waals surface area contributed by atoms with E-state index in [-0.39, 0.29) is 12.5 Å². The third-order valence-electron chi connectivity index (χ3n) is 1.91. The number of hydrogen-bond acceptors (Lipinski definition) is 4. The van der Waals surface area contributed by atoms with Crippen molar-refractivity contribution in [3.05, 3.63) is 0 Å². The molecule has 0 fully saturated rings. The summed E-state index contributed by atoms with van der Waals surface area (Å²) in [6.45, 7) is 4.67. The molecule has 0 atom stereocenters. The summed E-state index contributed by atoms with van der Waals surface area (Å²) < 4.78 is 4.47. The molecule has 0 aromatic rings. The largest absolute Gasteiger partial charge is 0.468 e. The zero-order valence-corrected chi connectivity index (χ0v) is 9.87. The van der Waals surface area contributed by atoms with Gasteiger partial charge in [-0.3, -0.25) is 9.59 Å². The number of nitrogens with zero attached hydrogens (tertiary/aromatic N) is 1. The molecule has 15 heavy (non-hydrogen) atoms. The van der Waals surface area contributed by atoms with E-state index in [1.54, 1.807) is 7.05 Å². The molecule has 0 rings (SSSR count). The van der Waals surface area contributed by atoms with Gasteiger partial charge in [-0.25, -0.2) is 0 Å². The van der Waals surface area contributed by atoms with Crippen LogP contribution in [0.3, 0.4) is 0 Å². The summed E-state index contributed by atoms with van der Waals surface area (Å²) in [6, 6.07) is 0.365. The number of hydrogen-bond donors (Lipinski definition) is 1. The molecule has 0 heterocycles. The Bertz CT molecular complexity index is 217. The Kier molecular flexibility index (Phi) is 6.70. The van der Waals surface area contributed by atoms with E-state index >= 15 is 0 Å². The van der Waals surface area contributed by atoms with Gasteiger partial charge in [0, 0.05) is 26.1 Å². The molecule has 1 N–H and O–H groups in total. The molecule has 5 heteroatoms. The highest BCUT2D eigenvalue weighted by Gasteiger charge is 2.12. The second kappa shape index (κ2) is 7.23. The fourth-order valence-corrected chi connectivity index (χ4v) is 1.01. The molecule has 0 aromatic carbocycles. The van der Waals surface area contributed by atoms with Crippen molar-refractivity contribution in [3.63, 3.8) is 0 Å². The van der Waals surface area contributed by atoms with Gasteiger partial charge in [0.1, 0.15) is 6.54 Å². The summed E-state index contributed by atoms with van der Waals surface area (Å²) in [6.07, 6.45) is 0.395. The van der Waals surface area contributed by atoms with Crippen LogP contribution in [0.1, 0.15) is 20.3 Å². The minimum absolute atomic E-state index is 0.0109. The van der Waals surface area contributed by atoms with Crippen LogP contribution in [-0.4, -0.2) is 50.1 Å². The average Bonchev–Trinajstić information content (AvgIpc) is 2.16. The van der Waals surface area contributed by atoms with E-state index in [2.05, 4.69) is 10.1 Å². The molecule has 0 unspecified atom stereocenters. The van der Waals surface area contributed by atoms with Gasteiger partial charge >= 0.3 is 5.97 Å². The zero-order chi connectivity index (χ0) is 11.8. The number of rotatable bonds is 6. The number of ether oxygens (including phenoxy) is 1. The molecule has 0 aliphatic heterocycles. The van der Waals surface area contributed by atoms with E-state index in [9.17, 15) is 9.59 Å². The number of carbonyl (C=O) groups is 2. The molecule has 0 aliphatic carbocycles. The van der Waals surface area contributed by atoms with E-state index in [1.807, 2.05) is 13.8 Å². The van der Waals surface area contributed by atoms with Crippen molar-refractivity contribution < 1.29 is 14.3 Å². The van der Waals surface area contributed by atoms with Gasteiger partial charge < -0.3 is 15.0 Å². The topological polar surface area (TPSA) is 58.6 Å². The number of likely N-dealkylation sites (N-methyl/N-ethyl adjacent to an activating group) is 1. The van der Waals surface area contributed by atoms with Crippen LogP contribution >= 0.6 is 0 Å². The van der Waals surface area contributed by atoms with E-state index in [0.29, 0.717) is 19.0 Å². The number of esters is 1. The van der Waals surface area contributed by atoms with Crippen molar-refractivity contribution in [1.29, 1.82) is 0 Å². The third-order valence-corrected chi connectivity index (χ3v) is 1.91. The minimum atomic E-state index is -0.400. The van der Waals surface area contributed by atoms with Crippen LogP contribution in [0.25, 0.3) is 0 Å². The van der Waals surface area contributed by atoms with Crippen LogP contribution in [0.4, 0.5) is 0 Å². The van der Waals surface area contributed by atoms with Crippen LogP contribution in [0.15, 0.2) is 0 Å². The molecule has 0 spiro atoms. The van der Waals surface area contributed by atoms with Gasteiger partial charge in [-0.05, 0) is 0 Å². The van der Waals surface area contributed by atoms with Gasteiger partial charge in [-0.15, -0.1) is 0 Å².